The smallest absolute Gasteiger partial charge is 0.223 e. The summed E-state index contributed by atoms with van der Waals surface area (Å²) in [5.74, 6) is 0.797. The van der Waals surface area contributed by atoms with Crippen molar-refractivity contribution in [3.8, 4) is 0 Å². The molecule has 0 spiro atoms. The molecule has 0 atom stereocenters. The Bertz CT molecular complexity index is 388. The topological polar surface area (TPSA) is 66.5 Å². The van der Waals surface area contributed by atoms with Crippen LogP contribution in [0.5, 0.6) is 0 Å². The first-order valence-electron chi connectivity index (χ1n) is 7.28. The molecule has 2 rings (SSSR count). The lowest BCUT2D eigenvalue weighted by Crippen LogP contribution is -2.41. The summed E-state index contributed by atoms with van der Waals surface area (Å²) in [6.07, 6.45) is 5.38. The molecule has 0 radical (unpaired) electrons. The minimum Gasteiger partial charge on any atom is -0.343 e. The quantitative estimate of drug-likeness (QED) is 0.820. The third-order valence-corrected chi connectivity index (χ3v) is 5.75. The van der Waals surface area contributed by atoms with Gasteiger partial charge in [0.15, 0.2) is 0 Å². The maximum absolute atomic E-state index is 11.9. The number of sulfone groups is 1. The second kappa shape index (κ2) is 6.70. The molecule has 2 heterocycles. The van der Waals surface area contributed by atoms with Crippen molar-refractivity contribution in [2.24, 2.45) is 0 Å². The van der Waals surface area contributed by atoms with Crippen LogP contribution in [0, 0.1) is 0 Å². The Morgan fingerprint density at radius 1 is 1.11 bits per heavy atom. The summed E-state index contributed by atoms with van der Waals surface area (Å²) in [4.78, 5) is 13.9. The van der Waals surface area contributed by atoms with E-state index in [1.807, 2.05) is 4.90 Å². The number of hydrogen-bond acceptors (Lipinski definition) is 4. The third-order valence-electron chi connectivity index (χ3n) is 4.04. The third kappa shape index (κ3) is 4.76. The minimum absolute atomic E-state index is 0.232. The molecule has 2 fully saturated rings. The number of carbonyl (C=O) groups is 1. The Morgan fingerprint density at radius 3 is 2.37 bits per heavy atom. The van der Waals surface area contributed by atoms with Crippen LogP contribution in [0.1, 0.15) is 38.5 Å². The molecule has 5 nitrogen and oxygen atoms in total. The molecule has 110 valence electrons. The van der Waals surface area contributed by atoms with Crippen LogP contribution in [0.2, 0.25) is 0 Å². The van der Waals surface area contributed by atoms with Crippen molar-refractivity contribution in [2.75, 3.05) is 31.1 Å². The first-order valence-corrected chi connectivity index (χ1v) is 9.10. The van der Waals surface area contributed by atoms with Gasteiger partial charge < -0.3 is 10.2 Å². The van der Waals surface area contributed by atoms with Gasteiger partial charge in [-0.1, -0.05) is 0 Å². The lowest BCUT2D eigenvalue weighted by molar-refractivity contribution is -0.132. The first kappa shape index (κ1) is 14.8. The van der Waals surface area contributed by atoms with Gasteiger partial charge in [-0.25, -0.2) is 8.42 Å². The fourth-order valence-corrected chi connectivity index (χ4v) is 4.27. The van der Waals surface area contributed by atoms with Crippen molar-refractivity contribution in [1.82, 2.24) is 10.2 Å². The second-order valence-corrected chi connectivity index (χ2v) is 7.88. The van der Waals surface area contributed by atoms with Gasteiger partial charge in [0.05, 0.1) is 11.5 Å². The molecule has 1 amide bonds. The SMILES string of the molecule is O=C(CCNC1CCS(=O)(=O)CC1)N1CCCCC1. The van der Waals surface area contributed by atoms with Crippen molar-refractivity contribution < 1.29 is 13.2 Å². The summed E-state index contributed by atoms with van der Waals surface area (Å²) in [7, 11) is -2.79. The van der Waals surface area contributed by atoms with Crippen molar-refractivity contribution in [3.63, 3.8) is 0 Å². The van der Waals surface area contributed by atoms with Crippen molar-refractivity contribution in [3.05, 3.63) is 0 Å². The zero-order chi connectivity index (χ0) is 13.7. The molecule has 6 heteroatoms. The summed E-state index contributed by atoms with van der Waals surface area (Å²) >= 11 is 0. The van der Waals surface area contributed by atoms with Gasteiger partial charge in [-0.3, -0.25) is 4.79 Å². The van der Waals surface area contributed by atoms with Gasteiger partial charge in [-0.05, 0) is 32.1 Å². The van der Waals surface area contributed by atoms with E-state index >= 15 is 0 Å². The fourth-order valence-electron chi connectivity index (χ4n) is 2.78. The summed E-state index contributed by atoms with van der Waals surface area (Å²) in [5, 5.41) is 3.32. The molecule has 0 aromatic carbocycles. The fraction of sp³-hybridized carbons (Fsp3) is 0.923. The predicted molar refractivity (Wildman–Crippen MR) is 74.7 cm³/mol. The highest BCUT2D eigenvalue weighted by Crippen LogP contribution is 2.13. The summed E-state index contributed by atoms with van der Waals surface area (Å²) < 4.78 is 22.6. The first-order chi connectivity index (χ1) is 9.07. The number of likely N-dealkylation sites (tertiary alicyclic amines) is 1. The van der Waals surface area contributed by atoms with Crippen LogP contribution in [0.3, 0.4) is 0 Å². The van der Waals surface area contributed by atoms with Gasteiger partial charge in [0, 0.05) is 32.1 Å². The summed E-state index contributed by atoms with van der Waals surface area (Å²) in [5.41, 5.74) is 0. The Hall–Kier alpha value is -0.620. The van der Waals surface area contributed by atoms with Crippen LogP contribution in [-0.2, 0) is 14.6 Å². The molecule has 0 bridgehead atoms. The summed E-state index contributed by atoms with van der Waals surface area (Å²) in [6, 6.07) is 0.262. The molecule has 2 aliphatic rings. The van der Waals surface area contributed by atoms with E-state index in [1.165, 1.54) is 6.42 Å². The highest BCUT2D eigenvalue weighted by atomic mass is 32.2. The number of carbonyl (C=O) groups excluding carboxylic acids is 1. The monoisotopic (exact) mass is 288 g/mol. The number of hydrogen-bond donors (Lipinski definition) is 1. The summed E-state index contributed by atoms with van der Waals surface area (Å²) in [6.45, 7) is 2.47. The molecule has 0 aromatic rings. The number of amides is 1. The van der Waals surface area contributed by atoms with Gasteiger partial charge in [0.1, 0.15) is 9.84 Å². The Balaban J connectivity index is 1.62. The zero-order valence-corrected chi connectivity index (χ0v) is 12.3. The van der Waals surface area contributed by atoms with Gasteiger partial charge in [0.25, 0.3) is 0 Å². The van der Waals surface area contributed by atoms with Crippen LogP contribution in [0.4, 0.5) is 0 Å². The van der Waals surface area contributed by atoms with Crippen LogP contribution < -0.4 is 5.32 Å². The largest absolute Gasteiger partial charge is 0.343 e. The van der Waals surface area contributed by atoms with Crippen molar-refractivity contribution in [1.29, 1.82) is 0 Å². The molecule has 2 saturated heterocycles. The molecular formula is C13H24N2O3S. The highest BCUT2D eigenvalue weighted by Gasteiger charge is 2.23. The maximum Gasteiger partial charge on any atom is 0.223 e. The van der Waals surface area contributed by atoms with Gasteiger partial charge in [0.2, 0.25) is 5.91 Å². The number of nitrogens with one attached hydrogen (secondary N) is 1. The van der Waals surface area contributed by atoms with E-state index in [9.17, 15) is 13.2 Å². The Kier molecular flexibility index (Phi) is 5.21. The van der Waals surface area contributed by atoms with E-state index in [1.54, 1.807) is 0 Å². The van der Waals surface area contributed by atoms with Crippen LogP contribution in [0.25, 0.3) is 0 Å². The van der Waals surface area contributed by atoms with E-state index in [0.29, 0.717) is 25.8 Å². The predicted octanol–water partition coefficient (Wildman–Crippen LogP) is 0.556. The average molecular weight is 288 g/mol. The highest BCUT2D eigenvalue weighted by molar-refractivity contribution is 7.91. The molecule has 0 aromatic heterocycles. The number of rotatable bonds is 4. The Labute approximate surface area is 115 Å². The lowest BCUT2D eigenvalue weighted by atomic mass is 10.1. The van der Waals surface area contributed by atoms with Crippen LogP contribution in [0.15, 0.2) is 0 Å². The molecule has 1 N–H and O–H groups in total. The van der Waals surface area contributed by atoms with Gasteiger partial charge in [-0.15, -0.1) is 0 Å². The van der Waals surface area contributed by atoms with Gasteiger partial charge >= 0.3 is 0 Å². The van der Waals surface area contributed by atoms with Crippen LogP contribution >= 0.6 is 0 Å². The van der Waals surface area contributed by atoms with Crippen LogP contribution in [-0.4, -0.2) is 56.4 Å². The molecule has 0 saturated carbocycles. The van der Waals surface area contributed by atoms with E-state index in [-0.39, 0.29) is 23.5 Å². The lowest BCUT2D eigenvalue weighted by Gasteiger charge is -2.27. The molecule has 2 aliphatic heterocycles. The van der Waals surface area contributed by atoms with Gasteiger partial charge in [-0.2, -0.15) is 0 Å². The van der Waals surface area contributed by atoms with E-state index < -0.39 is 9.84 Å². The zero-order valence-electron chi connectivity index (χ0n) is 11.4. The van der Waals surface area contributed by atoms with E-state index in [4.69, 9.17) is 0 Å². The second-order valence-electron chi connectivity index (χ2n) is 5.57. The molecule has 0 aliphatic carbocycles. The van der Waals surface area contributed by atoms with Crippen molar-refractivity contribution in [2.45, 2.75) is 44.6 Å². The molecule has 0 unspecified atom stereocenters. The van der Waals surface area contributed by atoms with E-state index in [2.05, 4.69) is 5.32 Å². The molecule has 19 heavy (non-hydrogen) atoms. The average Bonchev–Trinajstić information content (AvgIpc) is 2.41. The number of nitrogens with zero attached hydrogens (tertiary/aromatic N) is 1. The normalized spacial score (nSPS) is 24.3. The van der Waals surface area contributed by atoms with Crippen molar-refractivity contribution >= 4 is 15.7 Å². The standard InChI is InChI=1S/C13H24N2O3S/c16-13(15-8-2-1-3-9-15)4-7-14-12-5-10-19(17,18)11-6-12/h12,14H,1-11H2. The van der Waals surface area contributed by atoms with E-state index in [0.717, 1.165) is 25.9 Å². The minimum atomic E-state index is -2.79. The number of piperidine rings is 1. The maximum atomic E-state index is 11.9. The molecular weight excluding hydrogens is 264 g/mol. The Morgan fingerprint density at radius 2 is 1.74 bits per heavy atom.